The summed E-state index contributed by atoms with van der Waals surface area (Å²) in [4.78, 5) is 18.9. The molecule has 1 aromatic rings. The van der Waals surface area contributed by atoms with Crippen molar-refractivity contribution >= 4 is 11.6 Å². The van der Waals surface area contributed by atoms with Gasteiger partial charge < -0.3 is 15.5 Å². The molecule has 1 amide bonds. The van der Waals surface area contributed by atoms with Crippen molar-refractivity contribution in [3.05, 3.63) is 23.5 Å². The molecule has 0 aromatic carbocycles. The van der Waals surface area contributed by atoms with E-state index in [4.69, 9.17) is 0 Å². The lowest BCUT2D eigenvalue weighted by molar-refractivity contribution is 0.0897. The van der Waals surface area contributed by atoms with E-state index >= 15 is 0 Å². The first-order chi connectivity index (χ1) is 9.51. The second-order valence-electron chi connectivity index (χ2n) is 5.65. The highest BCUT2D eigenvalue weighted by Gasteiger charge is 2.24. The van der Waals surface area contributed by atoms with Gasteiger partial charge in [-0.1, -0.05) is 0 Å². The average Bonchev–Trinajstić information content (AvgIpc) is 2.42. The number of anilines is 1. The van der Waals surface area contributed by atoms with Crippen LogP contribution in [0.4, 0.5) is 5.69 Å². The maximum atomic E-state index is 12.4. The fourth-order valence-electron chi connectivity index (χ4n) is 2.63. The van der Waals surface area contributed by atoms with E-state index in [1.54, 1.807) is 6.20 Å². The Bertz CT molecular complexity index is 489. The number of carbonyl (C=O) groups is 1. The third-order valence-electron chi connectivity index (χ3n) is 4.10. The number of pyridine rings is 1. The summed E-state index contributed by atoms with van der Waals surface area (Å²) in [5.74, 6) is -0.0383. The van der Waals surface area contributed by atoms with Crippen LogP contribution < -0.4 is 10.6 Å². The molecule has 1 aromatic heterocycles. The van der Waals surface area contributed by atoms with Gasteiger partial charge in [-0.3, -0.25) is 9.78 Å². The zero-order chi connectivity index (χ0) is 14.7. The van der Waals surface area contributed by atoms with Crippen LogP contribution in [0, 0.1) is 6.92 Å². The predicted molar refractivity (Wildman–Crippen MR) is 81.1 cm³/mol. The van der Waals surface area contributed by atoms with Crippen molar-refractivity contribution in [2.45, 2.75) is 38.8 Å². The van der Waals surface area contributed by atoms with Crippen molar-refractivity contribution < 1.29 is 4.79 Å². The molecule has 0 spiro atoms. The summed E-state index contributed by atoms with van der Waals surface area (Å²) in [7, 11) is 3.95. The van der Waals surface area contributed by atoms with Gasteiger partial charge in [0.15, 0.2) is 0 Å². The molecule has 110 valence electrons. The Morgan fingerprint density at radius 2 is 2.25 bits per heavy atom. The average molecular weight is 276 g/mol. The number of rotatable bonds is 3. The smallest absolute Gasteiger partial charge is 0.255 e. The molecule has 2 atom stereocenters. The Morgan fingerprint density at radius 3 is 2.90 bits per heavy atom. The molecule has 1 aliphatic rings. The maximum Gasteiger partial charge on any atom is 0.255 e. The fraction of sp³-hybridized carbons (Fsp3) is 0.600. The minimum atomic E-state index is -0.0383. The third kappa shape index (κ3) is 3.28. The Morgan fingerprint density at radius 1 is 1.50 bits per heavy atom. The third-order valence-corrected chi connectivity index (χ3v) is 4.10. The van der Waals surface area contributed by atoms with Gasteiger partial charge in [0.05, 0.1) is 11.3 Å². The van der Waals surface area contributed by atoms with Crippen LogP contribution in [0.3, 0.4) is 0 Å². The van der Waals surface area contributed by atoms with Crippen LogP contribution in [0.25, 0.3) is 0 Å². The van der Waals surface area contributed by atoms with Crippen molar-refractivity contribution in [3.8, 4) is 0 Å². The van der Waals surface area contributed by atoms with Crippen molar-refractivity contribution in [1.29, 1.82) is 0 Å². The first-order valence-electron chi connectivity index (χ1n) is 7.16. The lowest BCUT2D eigenvalue weighted by atomic mass is 9.98. The molecule has 1 fully saturated rings. The lowest BCUT2D eigenvalue weighted by Gasteiger charge is -2.35. The van der Waals surface area contributed by atoms with Crippen molar-refractivity contribution in [2.24, 2.45) is 0 Å². The van der Waals surface area contributed by atoms with Crippen molar-refractivity contribution in [3.63, 3.8) is 0 Å². The van der Waals surface area contributed by atoms with Crippen LogP contribution >= 0.6 is 0 Å². The zero-order valence-corrected chi connectivity index (χ0v) is 12.7. The standard InChI is InChI=1S/C15H24N4O/c1-10-7-14(16-3)13(9-17-10)15(20)18-12-5-6-19(4)11(2)8-12/h7,9,11-12H,5-6,8H2,1-4H3,(H,16,17)(H,18,20). The molecule has 1 saturated heterocycles. The molecule has 2 unspecified atom stereocenters. The predicted octanol–water partition coefficient (Wildman–Crippen LogP) is 1.64. The SMILES string of the molecule is CNc1cc(C)ncc1C(=O)NC1CCN(C)C(C)C1. The molecule has 20 heavy (non-hydrogen) atoms. The molecular formula is C15H24N4O. The normalized spacial score (nSPS) is 23.4. The Labute approximate surface area is 120 Å². The Balaban J connectivity index is 2.05. The number of aryl methyl sites for hydroxylation is 1. The highest BCUT2D eigenvalue weighted by molar-refractivity contribution is 5.99. The molecule has 5 heteroatoms. The first-order valence-corrected chi connectivity index (χ1v) is 7.16. The minimum absolute atomic E-state index is 0.0383. The second-order valence-corrected chi connectivity index (χ2v) is 5.65. The Hall–Kier alpha value is -1.62. The summed E-state index contributed by atoms with van der Waals surface area (Å²) in [5.41, 5.74) is 2.35. The highest BCUT2D eigenvalue weighted by Crippen LogP contribution is 2.18. The van der Waals surface area contributed by atoms with E-state index in [1.165, 1.54) is 0 Å². The second kappa shape index (κ2) is 6.22. The number of nitrogens with zero attached hydrogens (tertiary/aromatic N) is 2. The molecule has 2 rings (SSSR count). The lowest BCUT2D eigenvalue weighted by Crippen LogP contribution is -2.47. The summed E-state index contributed by atoms with van der Waals surface area (Å²) in [6.07, 6.45) is 3.64. The van der Waals surface area contributed by atoms with E-state index < -0.39 is 0 Å². The number of aromatic nitrogens is 1. The number of likely N-dealkylation sites (tertiary alicyclic amines) is 1. The summed E-state index contributed by atoms with van der Waals surface area (Å²) in [6, 6.07) is 2.65. The number of amides is 1. The van der Waals surface area contributed by atoms with Gasteiger partial charge >= 0.3 is 0 Å². The summed E-state index contributed by atoms with van der Waals surface area (Å²) >= 11 is 0. The fourth-order valence-corrected chi connectivity index (χ4v) is 2.63. The molecule has 0 aliphatic carbocycles. The number of hydrogen-bond acceptors (Lipinski definition) is 4. The van der Waals surface area contributed by atoms with Crippen LogP contribution in [0.15, 0.2) is 12.3 Å². The monoisotopic (exact) mass is 276 g/mol. The topological polar surface area (TPSA) is 57.3 Å². The first kappa shape index (κ1) is 14.8. The minimum Gasteiger partial charge on any atom is -0.387 e. The number of hydrogen-bond donors (Lipinski definition) is 2. The molecule has 2 heterocycles. The van der Waals surface area contributed by atoms with E-state index in [1.807, 2.05) is 20.0 Å². The number of nitrogens with one attached hydrogen (secondary N) is 2. The molecular weight excluding hydrogens is 252 g/mol. The molecule has 2 N–H and O–H groups in total. The van der Waals surface area contributed by atoms with Crippen LogP contribution in [0.5, 0.6) is 0 Å². The van der Waals surface area contributed by atoms with Crippen molar-refractivity contribution in [1.82, 2.24) is 15.2 Å². The van der Waals surface area contributed by atoms with Gasteiger partial charge in [-0.25, -0.2) is 0 Å². The molecule has 0 saturated carbocycles. The van der Waals surface area contributed by atoms with E-state index in [0.29, 0.717) is 11.6 Å². The van der Waals surface area contributed by atoms with E-state index in [2.05, 4.69) is 34.5 Å². The van der Waals surface area contributed by atoms with Crippen LogP contribution in [0.1, 0.15) is 35.8 Å². The summed E-state index contributed by atoms with van der Waals surface area (Å²) in [5, 5.41) is 6.20. The molecule has 0 radical (unpaired) electrons. The summed E-state index contributed by atoms with van der Waals surface area (Å²) in [6.45, 7) is 5.14. The van der Waals surface area contributed by atoms with Gasteiger partial charge in [-0.05, 0) is 39.8 Å². The van der Waals surface area contributed by atoms with Gasteiger partial charge in [0, 0.05) is 37.6 Å². The largest absolute Gasteiger partial charge is 0.387 e. The van der Waals surface area contributed by atoms with Gasteiger partial charge in [-0.2, -0.15) is 0 Å². The Kier molecular flexibility index (Phi) is 4.60. The van der Waals surface area contributed by atoms with Crippen LogP contribution in [-0.4, -0.2) is 48.5 Å². The van der Waals surface area contributed by atoms with Crippen molar-refractivity contribution in [2.75, 3.05) is 26.0 Å². The molecule has 5 nitrogen and oxygen atoms in total. The van der Waals surface area contributed by atoms with Gasteiger partial charge in [0.1, 0.15) is 0 Å². The quantitative estimate of drug-likeness (QED) is 0.881. The van der Waals surface area contributed by atoms with Gasteiger partial charge in [-0.15, -0.1) is 0 Å². The summed E-state index contributed by atoms with van der Waals surface area (Å²) < 4.78 is 0. The van der Waals surface area contributed by atoms with Gasteiger partial charge in [0.25, 0.3) is 5.91 Å². The van der Waals surface area contributed by atoms with E-state index in [0.717, 1.165) is 30.8 Å². The van der Waals surface area contributed by atoms with Crippen LogP contribution in [-0.2, 0) is 0 Å². The number of carbonyl (C=O) groups excluding carboxylic acids is 1. The maximum absolute atomic E-state index is 12.4. The zero-order valence-electron chi connectivity index (χ0n) is 12.7. The van der Waals surface area contributed by atoms with Crippen LogP contribution in [0.2, 0.25) is 0 Å². The van der Waals surface area contributed by atoms with Gasteiger partial charge in [0.2, 0.25) is 0 Å². The highest BCUT2D eigenvalue weighted by atomic mass is 16.1. The van der Waals surface area contributed by atoms with E-state index in [-0.39, 0.29) is 11.9 Å². The molecule has 1 aliphatic heterocycles. The molecule has 0 bridgehead atoms. The number of piperidine rings is 1. The van der Waals surface area contributed by atoms with E-state index in [9.17, 15) is 4.79 Å².